The van der Waals surface area contributed by atoms with Crippen LogP contribution in [0.25, 0.3) is 16.9 Å². The summed E-state index contributed by atoms with van der Waals surface area (Å²) in [7, 11) is 1.54. The highest BCUT2D eigenvalue weighted by molar-refractivity contribution is 5.66. The Morgan fingerprint density at radius 3 is 3.00 bits per heavy atom. The average Bonchev–Trinajstić information content (AvgIpc) is 2.79. The van der Waals surface area contributed by atoms with Gasteiger partial charge in [0.15, 0.2) is 5.65 Å². The molecule has 0 fully saturated rings. The van der Waals surface area contributed by atoms with E-state index in [-0.39, 0.29) is 5.56 Å². The molecule has 0 atom stereocenters. The van der Waals surface area contributed by atoms with Gasteiger partial charge in [-0.25, -0.2) is 14.5 Å². The largest absolute Gasteiger partial charge is 0.481 e. The molecule has 0 unspecified atom stereocenters. The highest BCUT2D eigenvalue weighted by Gasteiger charge is 2.11. The second kappa shape index (κ2) is 4.24. The Morgan fingerprint density at radius 1 is 1.37 bits per heavy atom. The van der Waals surface area contributed by atoms with E-state index >= 15 is 0 Å². The van der Waals surface area contributed by atoms with E-state index in [1.165, 1.54) is 17.7 Å². The van der Waals surface area contributed by atoms with Crippen molar-refractivity contribution in [3.8, 4) is 17.1 Å². The van der Waals surface area contributed by atoms with Crippen molar-refractivity contribution in [3.63, 3.8) is 0 Å². The highest BCUT2D eigenvalue weighted by Crippen LogP contribution is 2.25. The number of H-pyrrole nitrogens is 1. The maximum absolute atomic E-state index is 12.0. The minimum Gasteiger partial charge on any atom is -0.481 e. The van der Waals surface area contributed by atoms with Gasteiger partial charge in [-0.3, -0.25) is 9.89 Å². The zero-order chi connectivity index (χ0) is 13.4. The summed E-state index contributed by atoms with van der Waals surface area (Å²) in [6, 6.07) is 6.88. The number of hydrogen-bond acceptors (Lipinski definition) is 4. The SMILES string of the molecule is COc1ncccc1-c1cc(=O)n2[nH]c(C)cc2n1. The van der Waals surface area contributed by atoms with Crippen molar-refractivity contribution in [3.05, 3.63) is 46.5 Å². The molecule has 0 aromatic carbocycles. The number of aromatic amines is 1. The fourth-order valence-electron chi connectivity index (χ4n) is 2.00. The van der Waals surface area contributed by atoms with E-state index in [4.69, 9.17) is 4.74 Å². The third-order valence-electron chi connectivity index (χ3n) is 2.82. The number of rotatable bonds is 2. The summed E-state index contributed by atoms with van der Waals surface area (Å²) >= 11 is 0. The van der Waals surface area contributed by atoms with Gasteiger partial charge in [0.05, 0.1) is 18.4 Å². The number of fused-ring (bicyclic) bond motifs is 1. The molecule has 3 aromatic heterocycles. The second-order valence-electron chi connectivity index (χ2n) is 4.17. The maximum atomic E-state index is 12.0. The first-order chi connectivity index (χ1) is 9.19. The predicted molar refractivity (Wildman–Crippen MR) is 70.3 cm³/mol. The molecule has 0 aliphatic heterocycles. The van der Waals surface area contributed by atoms with Crippen LogP contribution in [0, 0.1) is 6.92 Å². The molecule has 3 heterocycles. The summed E-state index contributed by atoms with van der Waals surface area (Å²) in [5, 5.41) is 2.93. The van der Waals surface area contributed by atoms with Crippen LogP contribution in [0.2, 0.25) is 0 Å². The first kappa shape index (κ1) is 11.5. The van der Waals surface area contributed by atoms with Crippen LogP contribution in [-0.4, -0.2) is 26.7 Å². The van der Waals surface area contributed by atoms with Gasteiger partial charge in [0.1, 0.15) is 0 Å². The first-order valence-corrected chi connectivity index (χ1v) is 5.78. The maximum Gasteiger partial charge on any atom is 0.273 e. The summed E-state index contributed by atoms with van der Waals surface area (Å²) < 4.78 is 6.59. The summed E-state index contributed by atoms with van der Waals surface area (Å²) in [6.45, 7) is 1.87. The molecular formula is C13H12N4O2. The third kappa shape index (κ3) is 1.87. The molecule has 0 amide bonds. The van der Waals surface area contributed by atoms with Gasteiger partial charge in [-0.15, -0.1) is 0 Å². The van der Waals surface area contributed by atoms with Crippen molar-refractivity contribution in [2.24, 2.45) is 0 Å². The first-order valence-electron chi connectivity index (χ1n) is 5.78. The van der Waals surface area contributed by atoms with Gasteiger partial charge < -0.3 is 4.74 Å². The molecule has 0 spiro atoms. The Hall–Kier alpha value is -2.63. The van der Waals surface area contributed by atoms with Gasteiger partial charge in [-0.2, -0.15) is 0 Å². The van der Waals surface area contributed by atoms with Crippen LogP contribution in [0.1, 0.15) is 5.69 Å². The van der Waals surface area contributed by atoms with E-state index in [1.807, 2.05) is 19.1 Å². The third-order valence-corrected chi connectivity index (χ3v) is 2.82. The minimum atomic E-state index is -0.168. The number of aromatic nitrogens is 4. The van der Waals surface area contributed by atoms with E-state index in [2.05, 4.69) is 15.1 Å². The van der Waals surface area contributed by atoms with Crippen LogP contribution in [0.15, 0.2) is 35.3 Å². The van der Waals surface area contributed by atoms with Crippen LogP contribution >= 0.6 is 0 Å². The molecule has 6 heteroatoms. The fourth-order valence-corrected chi connectivity index (χ4v) is 2.00. The lowest BCUT2D eigenvalue weighted by atomic mass is 10.2. The molecule has 3 rings (SSSR count). The van der Waals surface area contributed by atoms with Gasteiger partial charge in [0.2, 0.25) is 5.88 Å². The van der Waals surface area contributed by atoms with Crippen molar-refractivity contribution in [1.29, 1.82) is 0 Å². The molecule has 19 heavy (non-hydrogen) atoms. The Bertz CT molecular complexity index is 804. The van der Waals surface area contributed by atoms with Crippen LogP contribution in [0.5, 0.6) is 5.88 Å². The van der Waals surface area contributed by atoms with E-state index in [0.29, 0.717) is 22.8 Å². The number of aryl methyl sites for hydroxylation is 1. The Morgan fingerprint density at radius 2 is 2.21 bits per heavy atom. The van der Waals surface area contributed by atoms with Gasteiger partial charge in [0.25, 0.3) is 5.56 Å². The normalized spacial score (nSPS) is 10.8. The molecule has 0 saturated heterocycles. The van der Waals surface area contributed by atoms with E-state index in [0.717, 1.165) is 5.69 Å². The topological polar surface area (TPSA) is 72.3 Å². The zero-order valence-electron chi connectivity index (χ0n) is 10.5. The quantitative estimate of drug-likeness (QED) is 0.752. The van der Waals surface area contributed by atoms with E-state index in [9.17, 15) is 4.79 Å². The lowest BCUT2D eigenvalue weighted by molar-refractivity contribution is 0.399. The highest BCUT2D eigenvalue weighted by atomic mass is 16.5. The van der Waals surface area contributed by atoms with E-state index in [1.54, 1.807) is 12.3 Å². The molecule has 3 aromatic rings. The standard InChI is InChI=1S/C13H12N4O2/c1-8-6-11-15-10(7-12(18)17(11)16-8)9-4-3-5-14-13(9)19-2/h3-7,16H,1-2H3. The molecule has 1 N–H and O–H groups in total. The van der Waals surface area contributed by atoms with Crippen LogP contribution in [-0.2, 0) is 0 Å². The van der Waals surface area contributed by atoms with Crippen molar-refractivity contribution < 1.29 is 4.74 Å². The summed E-state index contributed by atoms with van der Waals surface area (Å²) in [5.41, 5.74) is 2.53. The molecular weight excluding hydrogens is 244 g/mol. The second-order valence-corrected chi connectivity index (χ2v) is 4.17. The van der Waals surface area contributed by atoms with Crippen LogP contribution in [0.3, 0.4) is 0 Å². The number of hydrogen-bond donors (Lipinski definition) is 1. The van der Waals surface area contributed by atoms with Crippen molar-refractivity contribution >= 4 is 5.65 Å². The molecule has 96 valence electrons. The molecule has 0 aliphatic carbocycles. The number of pyridine rings is 1. The number of methoxy groups -OCH3 is 1. The minimum absolute atomic E-state index is 0.168. The van der Waals surface area contributed by atoms with Crippen molar-refractivity contribution in [2.45, 2.75) is 6.92 Å². The van der Waals surface area contributed by atoms with Crippen LogP contribution < -0.4 is 10.3 Å². The molecule has 0 aliphatic rings. The smallest absolute Gasteiger partial charge is 0.273 e. The number of ether oxygens (including phenoxy) is 1. The van der Waals surface area contributed by atoms with Crippen LogP contribution in [0.4, 0.5) is 0 Å². The van der Waals surface area contributed by atoms with Gasteiger partial charge >= 0.3 is 0 Å². The summed E-state index contributed by atoms with van der Waals surface area (Å²) in [5.74, 6) is 0.450. The molecule has 0 radical (unpaired) electrons. The predicted octanol–water partition coefficient (Wildman–Crippen LogP) is 1.40. The number of nitrogens with zero attached hydrogens (tertiary/aromatic N) is 3. The Kier molecular flexibility index (Phi) is 2.56. The van der Waals surface area contributed by atoms with Crippen molar-refractivity contribution in [2.75, 3.05) is 7.11 Å². The zero-order valence-corrected chi connectivity index (χ0v) is 10.5. The lowest BCUT2D eigenvalue weighted by Crippen LogP contribution is -2.14. The number of nitrogens with one attached hydrogen (secondary N) is 1. The Balaban J connectivity index is 2.28. The molecule has 6 nitrogen and oxygen atoms in total. The summed E-state index contributed by atoms with van der Waals surface area (Å²) in [6.07, 6.45) is 1.63. The van der Waals surface area contributed by atoms with Crippen molar-refractivity contribution in [1.82, 2.24) is 19.6 Å². The molecule has 0 saturated carbocycles. The molecule has 0 bridgehead atoms. The van der Waals surface area contributed by atoms with Gasteiger partial charge in [-0.1, -0.05) is 0 Å². The Labute approximate surface area is 108 Å². The van der Waals surface area contributed by atoms with Gasteiger partial charge in [-0.05, 0) is 19.1 Å². The summed E-state index contributed by atoms with van der Waals surface area (Å²) in [4.78, 5) is 20.6. The lowest BCUT2D eigenvalue weighted by Gasteiger charge is -2.05. The fraction of sp³-hybridized carbons (Fsp3) is 0.154. The average molecular weight is 256 g/mol. The monoisotopic (exact) mass is 256 g/mol. The van der Waals surface area contributed by atoms with Gasteiger partial charge in [0, 0.05) is 24.0 Å². The van der Waals surface area contributed by atoms with E-state index < -0.39 is 0 Å².